The van der Waals surface area contributed by atoms with Gasteiger partial charge in [-0.05, 0) is 35.7 Å². The Labute approximate surface area is 168 Å². The number of hydrogen-bond donors (Lipinski definition) is 2. The summed E-state index contributed by atoms with van der Waals surface area (Å²) in [5.41, 5.74) is 1.86. The molecule has 0 unspecified atom stereocenters. The molecule has 4 aromatic rings. The molecule has 0 atom stereocenters. The summed E-state index contributed by atoms with van der Waals surface area (Å²) in [6, 6.07) is 18.7. The average Bonchev–Trinajstić information content (AvgIpc) is 3.38. The van der Waals surface area contributed by atoms with E-state index in [0.29, 0.717) is 22.6 Å². The monoisotopic (exact) mass is 409 g/mol. The van der Waals surface area contributed by atoms with Crippen molar-refractivity contribution in [2.45, 2.75) is 10.6 Å². The van der Waals surface area contributed by atoms with Crippen LogP contribution in [0.15, 0.2) is 80.3 Å². The zero-order valence-corrected chi connectivity index (χ0v) is 16.2. The van der Waals surface area contributed by atoms with Crippen molar-refractivity contribution in [2.24, 2.45) is 0 Å². The Balaban J connectivity index is 1.52. The van der Waals surface area contributed by atoms with Crippen LogP contribution in [0.3, 0.4) is 0 Å². The van der Waals surface area contributed by atoms with Crippen LogP contribution in [-0.2, 0) is 5.75 Å². The fraction of sp³-hybridized carbons (Fsp3) is 0.0500. The van der Waals surface area contributed by atoms with E-state index in [0.717, 1.165) is 10.6 Å². The third-order valence-corrected chi connectivity index (χ3v) is 6.10. The number of rotatable bonds is 6. The minimum absolute atomic E-state index is 0.194. The Kier molecular flexibility index (Phi) is 5.41. The number of aromatic amines is 1. The molecule has 8 heteroatoms. The molecule has 2 aromatic carbocycles. The lowest BCUT2D eigenvalue weighted by Gasteiger charge is -2.10. The second-order valence-electron chi connectivity index (χ2n) is 5.84. The van der Waals surface area contributed by atoms with Gasteiger partial charge >= 0.3 is 5.76 Å². The highest BCUT2D eigenvalue weighted by Crippen LogP contribution is 2.28. The summed E-state index contributed by atoms with van der Waals surface area (Å²) < 4.78 is 4.53. The number of benzene rings is 2. The number of anilines is 1. The first kappa shape index (κ1) is 18.3. The van der Waals surface area contributed by atoms with Crippen LogP contribution in [0.4, 0.5) is 5.69 Å². The largest absolute Gasteiger partial charge is 0.439 e. The van der Waals surface area contributed by atoms with E-state index in [1.807, 2.05) is 35.7 Å². The first-order chi connectivity index (χ1) is 13.7. The van der Waals surface area contributed by atoms with Gasteiger partial charge < -0.3 is 5.32 Å². The van der Waals surface area contributed by atoms with Crippen molar-refractivity contribution in [3.05, 3.63) is 87.0 Å². The van der Waals surface area contributed by atoms with Gasteiger partial charge in [-0.25, -0.2) is 4.79 Å². The van der Waals surface area contributed by atoms with Gasteiger partial charge in [0, 0.05) is 26.8 Å². The van der Waals surface area contributed by atoms with Crippen LogP contribution in [0.5, 0.6) is 0 Å². The fourth-order valence-corrected chi connectivity index (χ4v) is 4.44. The molecule has 0 spiro atoms. The summed E-state index contributed by atoms with van der Waals surface area (Å²) in [4.78, 5) is 28.6. The van der Waals surface area contributed by atoms with Crippen molar-refractivity contribution < 1.29 is 9.32 Å². The molecule has 4 rings (SSSR count). The second kappa shape index (κ2) is 8.28. The summed E-state index contributed by atoms with van der Waals surface area (Å²) in [6.07, 6.45) is 0. The zero-order valence-electron chi connectivity index (χ0n) is 14.5. The number of nitrogens with one attached hydrogen (secondary N) is 2. The maximum atomic E-state index is 12.8. The fourth-order valence-electron chi connectivity index (χ4n) is 2.62. The quantitative estimate of drug-likeness (QED) is 0.453. The molecular formula is C20H15N3O3S2. The van der Waals surface area contributed by atoms with E-state index in [1.54, 1.807) is 47.4 Å². The lowest BCUT2D eigenvalue weighted by molar-refractivity contribution is 0.102. The van der Waals surface area contributed by atoms with Crippen LogP contribution in [-0.4, -0.2) is 16.0 Å². The summed E-state index contributed by atoms with van der Waals surface area (Å²) in [5, 5.41) is 8.62. The molecule has 0 bridgehead atoms. The molecule has 2 N–H and O–H groups in total. The molecule has 0 aliphatic heterocycles. The Bertz CT molecular complexity index is 1150. The lowest BCUT2D eigenvalue weighted by Crippen LogP contribution is -2.13. The second-order valence-corrected chi connectivity index (χ2v) is 7.89. The molecule has 0 aliphatic rings. The molecule has 0 saturated carbocycles. The number of aromatic nitrogens is 2. The molecule has 2 heterocycles. The molecule has 0 aliphatic carbocycles. The first-order valence-electron chi connectivity index (χ1n) is 8.41. The smallest absolute Gasteiger partial charge is 0.322 e. The van der Waals surface area contributed by atoms with Crippen LogP contribution in [0.25, 0.3) is 11.4 Å². The van der Waals surface area contributed by atoms with Gasteiger partial charge in [-0.1, -0.05) is 35.5 Å². The van der Waals surface area contributed by atoms with Gasteiger partial charge in [0.05, 0.1) is 5.56 Å². The number of thioether (sulfide) groups is 1. The number of carbonyl (C=O) groups is 1. The van der Waals surface area contributed by atoms with Crippen molar-refractivity contribution in [3.63, 3.8) is 0 Å². The molecule has 140 valence electrons. The van der Waals surface area contributed by atoms with Crippen molar-refractivity contribution in [3.8, 4) is 11.4 Å². The van der Waals surface area contributed by atoms with Crippen LogP contribution < -0.4 is 11.1 Å². The summed E-state index contributed by atoms with van der Waals surface area (Å²) in [7, 11) is 0. The van der Waals surface area contributed by atoms with Crippen LogP contribution in [0, 0.1) is 0 Å². The average molecular weight is 409 g/mol. The van der Waals surface area contributed by atoms with Gasteiger partial charge in [-0.2, -0.15) is 0 Å². The lowest BCUT2D eigenvalue weighted by atomic mass is 10.1. The van der Waals surface area contributed by atoms with Gasteiger partial charge in [0.15, 0.2) is 5.82 Å². The van der Waals surface area contributed by atoms with Gasteiger partial charge in [0.25, 0.3) is 5.91 Å². The van der Waals surface area contributed by atoms with Gasteiger partial charge in [0.2, 0.25) is 0 Å². The van der Waals surface area contributed by atoms with E-state index in [1.165, 1.54) is 4.88 Å². The molecular weight excluding hydrogens is 394 g/mol. The number of nitrogens with zero attached hydrogens (tertiary/aromatic N) is 1. The molecule has 0 saturated heterocycles. The van der Waals surface area contributed by atoms with E-state index in [-0.39, 0.29) is 5.91 Å². The van der Waals surface area contributed by atoms with Crippen molar-refractivity contribution in [2.75, 3.05) is 5.32 Å². The van der Waals surface area contributed by atoms with Crippen molar-refractivity contribution in [1.82, 2.24) is 10.1 Å². The molecule has 0 fully saturated rings. The van der Waals surface area contributed by atoms with Gasteiger partial charge in [0.1, 0.15) is 0 Å². The zero-order chi connectivity index (χ0) is 19.3. The summed E-state index contributed by atoms with van der Waals surface area (Å²) >= 11 is 3.33. The van der Waals surface area contributed by atoms with Crippen molar-refractivity contribution in [1.29, 1.82) is 0 Å². The molecule has 2 aromatic heterocycles. The van der Waals surface area contributed by atoms with Crippen LogP contribution in [0.2, 0.25) is 0 Å². The first-order valence-corrected chi connectivity index (χ1v) is 10.3. The highest BCUT2D eigenvalue weighted by atomic mass is 32.2. The summed E-state index contributed by atoms with van der Waals surface area (Å²) in [5.74, 6) is 0.311. The van der Waals surface area contributed by atoms with E-state index in [9.17, 15) is 9.59 Å². The third kappa shape index (κ3) is 4.24. The topological polar surface area (TPSA) is 88.0 Å². The van der Waals surface area contributed by atoms with Gasteiger partial charge in [-0.3, -0.25) is 14.3 Å². The number of carbonyl (C=O) groups excluding carboxylic acids is 1. The minimum atomic E-state index is -0.624. The van der Waals surface area contributed by atoms with E-state index in [4.69, 9.17) is 0 Å². The Morgan fingerprint density at radius 3 is 2.82 bits per heavy atom. The highest BCUT2D eigenvalue weighted by Gasteiger charge is 2.13. The molecule has 28 heavy (non-hydrogen) atoms. The third-order valence-electron chi connectivity index (χ3n) is 3.92. The van der Waals surface area contributed by atoms with Crippen LogP contribution >= 0.6 is 23.1 Å². The van der Waals surface area contributed by atoms with Crippen molar-refractivity contribution >= 4 is 34.7 Å². The standard InChI is InChI=1S/C20H15N3O3S2/c24-19(16-8-1-2-9-17(16)28-12-15-7-4-10-27-15)21-14-6-3-5-13(11-14)18-22-20(25)26-23-18/h1-11H,12H2,(H,21,24)(H,22,23,25). The maximum Gasteiger partial charge on any atom is 0.439 e. The predicted molar refractivity (Wildman–Crippen MR) is 111 cm³/mol. The summed E-state index contributed by atoms with van der Waals surface area (Å²) in [6.45, 7) is 0. The number of hydrogen-bond acceptors (Lipinski definition) is 6. The molecule has 1 amide bonds. The molecule has 0 radical (unpaired) electrons. The van der Waals surface area contributed by atoms with Crippen LogP contribution in [0.1, 0.15) is 15.2 Å². The SMILES string of the molecule is O=C(Nc1cccc(-c2noc(=O)[nH]2)c1)c1ccccc1SCc1cccs1. The Morgan fingerprint density at radius 1 is 1.14 bits per heavy atom. The number of amides is 1. The predicted octanol–water partition coefficient (Wildman–Crippen LogP) is 4.64. The Morgan fingerprint density at radius 2 is 2.04 bits per heavy atom. The maximum absolute atomic E-state index is 12.8. The normalized spacial score (nSPS) is 10.7. The molecule has 6 nitrogen and oxygen atoms in total. The van der Waals surface area contributed by atoms with E-state index < -0.39 is 5.76 Å². The minimum Gasteiger partial charge on any atom is -0.322 e. The highest BCUT2D eigenvalue weighted by molar-refractivity contribution is 7.98. The number of H-pyrrole nitrogens is 1. The number of thiophene rings is 1. The van der Waals surface area contributed by atoms with Gasteiger partial charge in [-0.15, -0.1) is 23.1 Å². The van der Waals surface area contributed by atoms with E-state index in [2.05, 4.69) is 26.0 Å². The van der Waals surface area contributed by atoms with E-state index >= 15 is 0 Å². The Hall–Kier alpha value is -3.10.